The molecule has 2 aromatic carbocycles. The third-order valence-corrected chi connectivity index (χ3v) is 3.56. The van der Waals surface area contributed by atoms with Crippen LogP contribution < -0.4 is 11.3 Å². The Hall–Kier alpha value is -1.16. The van der Waals surface area contributed by atoms with Gasteiger partial charge in [-0.25, -0.2) is 5.43 Å². The Morgan fingerprint density at radius 1 is 1.11 bits per heavy atom. The summed E-state index contributed by atoms with van der Waals surface area (Å²) in [6.45, 7) is 2.15. The minimum absolute atomic E-state index is 0.0217. The SMILES string of the molecule is CCc1ccc(C(NN)c2cccc(Br)c2)cc1. The van der Waals surface area contributed by atoms with Crippen LogP contribution in [0.25, 0.3) is 0 Å². The van der Waals surface area contributed by atoms with Gasteiger partial charge in [0.05, 0.1) is 6.04 Å². The van der Waals surface area contributed by atoms with Gasteiger partial charge in [0, 0.05) is 4.47 Å². The highest BCUT2D eigenvalue weighted by Gasteiger charge is 2.12. The highest BCUT2D eigenvalue weighted by Crippen LogP contribution is 2.24. The first-order valence-electron chi connectivity index (χ1n) is 6.05. The summed E-state index contributed by atoms with van der Waals surface area (Å²) < 4.78 is 1.06. The number of nitrogens with one attached hydrogen (secondary N) is 1. The molecule has 0 heterocycles. The first-order valence-corrected chi connectivity index (χ1v) is 6.84. The maximum Gasteiger partial charge on any atom is 0.0710 e. The van der Waals surface area contributed by atoms with Crippen molar-refractivity contribution < 1.29 is 0 Å². The van der Waals surface area contributed by atoms with Crippen molar-refractivity contribution in [2.24, 2.45) is 5.84 Å². The molecule has 2 rings (SSSR count). The van der Waals surface area contributed by atoms with Crippen molar-refractivity contribution >= 4 is 15.9 Å². The lowest BCUT2D eigenvalue weighted by Gasteiger charge is -2.17. The summed E-state index contributed by atoms with van der Waals surface area (Å²) in [7, 11) is 0. The molecule has 3 heteroatoms. The fraction of sp³-hybridized carbons (Fsp3) is 0.200. The number of benzene rings is 2. The average Bonchev–Trinajstić information content (AvgIpc) is 2.40. The van der Waals surface area contributed by atoms with Gasteiger partial charge >= 0.3 is 0 Å². The molecule has 3 N–H and O–H groups in total. The third kappa shape index (κ3) is 2.99. The molecule has 1 atom stereocenters. The van der Waals surface area contributed by atoms with E-state index in [0.717, 1.165) is 16.5 Å². The van der Waals surface area contributed by atoms with Crippen LogP contribution in [0.3, 0.4) is 0 Å². The maximum absolute atomic E-state index is 5.69. The van der Waals surface area contributed by atoms with Gasteiger partial charge in [0.15, 0.2) is 0 Å². The molecule has 0 aliphatic carbocycles. The van der Waals surface area contributed by atoms with Crippen LogP contribution >= 0.6 is 15.9 Å². The maximum atomic E-state index is 5.69. The monoisotopic (exact) mass is 304 g/mol. The molecule has 0 spiro atoms. The molecule has 0 bridgehead atoms. The summed E-state index contributed by atoms with van der Waals surface area (Å²) in [6, 6.07) is 16.8. The first-order chi connectivity index (χ1) is 8.74. The van der Waals surface area contributed by atoms with Crippen LogP contribution in [-0.4, -0.2) is 0 Å². The van der Waals surface area contributed by atoms with Gasteiger partial charge in [0.2, 0.25) is 0 Å². The van der Waals surface area contributed by atoms with Gasteiger partial charge < -0.3 is 0 Å². The molecule has 0 amide bonds. The zero-order valence-electron chi connectivity index (χ0n) is 10.4. The molecule has 1 unspecified atom stereocenters. The van der Waals surface area contributed by atoms with E-state index in [0.29, 0.717) is 0 Å². The molecular weight excluding hydrogens is 288 g/mol. The summed E-state index contributed by atoms with van der Waals surface area (Å²) in [5.41, 5.74) is 6.54. The molecule has 18 heavy (non-hydrogen) atoms. The zero-order chi connectivity index (χ0) is 13.0. The summed E-state index contributed by atoms with van der Waals surface area (Å²) in [6.07, 6.45) is 1.05. The Labute approximate surface area is 116 Å². The van der Waals surface area contributed by atoms with Crippen molar-refractivity contribution in [3.63, 3.8) is 0 Å². The first kappa shape index (κ1) is 13.3. The molecule has 94 valence electrons. The van der Waals surface area contributed by atoms with Crippen LogP contribution in [-0.2, 0) is 6.42 Å². The fourth-order valence-corrected chi connectivity index (χ4v) is 2.43. The van der Waals surface area contributed by atoms with Gasteiger partial charge in [-0.15, -0.1) is 0 Å². The number of rotatable bonds is 4. The van der Waals surface area contributed by atoms with Crippen LogP contribution in [0.15, 0.2) is 53.0 Å². The Balaban J connectivity index is 2.32. The van der Waals surface area contributed by atoms with Gasteiger partial charge in [-0.3, -0.25) is 5.84 Å². The van der Waals surface area contributed by atoms with Crippen LogP contribution in [0.1, 0.15) is 29.7 Å². The average molecular weight is 305 g/mol. The van der Waals surface area contributed by atoms with Crippen LogP contribution in [0.5, 0.6) is 0 Å². The van der Waals surface area contributed by atoms with Gasteiger partial charge in [-0.05, 0) is 35.2 Å². The molecule has 0 radical (unpaired) electrons. The summed E-state index contributed by atoms with van der Waals surface area (Å²) >= 11 is 3.49. The molecule has 0 aliphatic heterocycles. The lowest BCUT2D eigenvalue weighted by molar-refractivity contribution is 0.636. The van der Waals surface area contributed by atoms with E-state index in [2.05, 4.69) is 64.7 Å². The Morgan fingerprint density at radius 2 is 1.83 bits per heavy atom. The standard InChI is InChI=1S/C15H17BrN2/c1-2-11-6-8-12(9-7-11)15(18-17)13-4-3-5-14(16)10-13/h3-10,15,18H,2,17H2,1H3. The second-order valence-electron chi connectivity index (χ2n) is 4.25. The quantitative estimate of drug-likeness (QED) is 0.669. The van der Waals surface area contributed by atoms with Gasteiger partial charge in [0.25, 0.3) is 0 Å². The predicted octanol–water partition coefficient (Wildman–Crippen LogP) is 3.56. The normalized spacial score (nSPS) is 12.4. The number of hydrogen-bond donors (Lipinski definition) is 2. The van der Waals surface area contributed by atoms with Gasteiger partial charge in [-0.1, -0.05) is 59.3 Å². The molecule has 0 saturated heterocycles. The second-order valence-corrected chi connectivity index (χ2v) is 5.17. The number of nitrogens with two attached hydrogens (primary N) is 1. The minimum Gasteiger partial charge on any atom is -0.271 e. The predicted molar refractivity (Wildman–Crippen MR) is 79.1 cm³/mol. The van der Waals surface area contributed by atoms with E-state index in [1.807, 2.05) is 12.1 Å². The van der Waals surface area contributed by atoms with Crippen LogP contribution in [0.2, 0.25) is 0 Å². The van der Waals surface area contributed by atoms with Gasteiger partial charge in [0.1, 0.15) is 0 Å². The smallest absolute Gasteiger partial charge is 0.0710 e. The van der Waals surface area contributed by atoms with E-state index in [1.165, 1.54) is 11.1 Å². The molecule has 2 nitrogen and oxygen atoms in total. The number of halogens is 1. The topological polar surface area (TPSA) is 38.0 Å². The van der Waals surface area contributed by atoms with Crippen molar-refractivity contribution in [2.45, 2.75) is 19.4 Å². The minimum atomic E-state index is 0.0217. The second kappa shape index (κ2) is 6.14. The Morgan fingerprint density at radius 3 is 2.39 bits per heavy atom. The highest BCUT2D eigenvalue weighted by molar-refractivity contribution is 9.10. The number of hydrazine groups is 1. The van der Waals surface area contributed by atoms with E-state index < -0.39 is 0 Å². The van der Waals surface area contributed by atoms with Crippen molar-refractivity contribution in [1.29, 1.82) is 0 Å². The van der Waals surface area contributed by atoms with Crippen LogP contribution in [0, 0.1) is 0 Å². The fourth-order valence-electron chi connectivity index (χ4n) is 2.02. The third-order valence-electron chi connectivity index (χ3n) is 3.07. The van der Waals surface area contributed by atoms with E-state index in [4.69, 9.17) is 5.84 Å². The molecule has 2 aromatic rings. The van der Waals surface area contributed by atoms with Crippen LogP contribution in [0.4, 0.5) is 0 Å². The van der Waals surface area contributed by atoms with Crippen molar-refractivity contribution in [3.05, 3.63) is 69.7 Å². The largest absolute Gasteiger partial charge is 0.271 e. The zero-order valence-corrected chi connectivity index (χ0v) is 11.9. The van der Waals surface area contributed by atoms with Crippen molar-refractivity contribution in [2.75, 3.05) is 0 Å². The van der Waals surface area contributed by atoms with Crippen molar-refractivity contribution in [3.8, 4) is 0 Å². The van der Waals surface area contributed by atoms with Crippen molar-refractivity contribution in [1.82, 2.24) is 5.43 Å². The highest BCUT2D eigenvalue weighted by atomic mass is 79.9. The molecule has 0 aliphatic rings. The molecule has 0 saturated carbocycles. The summed E-state index contributed by atoms with van der Waals surface area (Å²) in [5.74, 6) is 5.69. The molecule has 0 aromatic heterocycles. The number of hydrogen-bond acceptors (Lipinski definition) is 2. The summed E-state index contributed by atoms with van der Waals surface area (Å²) in [5, 5.41) is 0. The lowest BCUT2D eigenvalue weighted by Crippen LogP contribution is -2.28. The van der Waals surface area contributed by atoms with E-state index in [9.17, 15) is 0 Å². The van der Waals surface area contributed by atoms with E-state index in [1.54, 1.807) is 0 Å². The molecule has 0 fully saturated rings. The van der Waals surface area contributed by atoms with E-state index in [-0.39, 0.29) is 6.04 Å². The van der Waals surface area contributed by atoms with Gasteiger partial charge in [-0.2, -0.15) is 0 Å². The molecular formula is C15H17BrN2. The van der Waals surface area contributed by atoms with E-state index >= 15 is 0 Å². The lowest BCUT2D eigenvalue weighted by atomic mass is 9.98. The summed E-state index contributed by atoms with van der Waals surface area (Å²) in [4.78, 5) is 0. The number of aryl methyl sites for hydroxylation is 1. The Kier molecular flexibility index (Phi) is 4.53. The Bertz CT molecular complexity index is 508.